The van der Waals surface area contributed by atoms with E-state index in [1.807, 2.05) is 59.5 Å². The van der Waals surface area contributed by atoms with Crippen LogP contribution in [0, 0.1) is 11.3 Å². The fourth-order valence-electron chi connectivity index (χ4n) is 3.88. The summed E-state index contributed by atoms with van der Waals surface area (Å²) in [5.74, 6) is -1.06. The summed E-state index contributed by atoms with van der Waals surface area (Å²) in [5.41, 5.74) is 2.54. The van der Waals surface area contributed by atoms with Gasteiger partial charge in [-0.05, 0) is 24.6 Å². The number of para-hydroxylation sites is 2. The van der Waals surface area contributed by atoms with Crippen LogP contribution in [0.25, 0.3) is 11.0 Å². The van der Waals surface area contributed by atoms with E-state index in [9.17, 15) is 14.9 Å². The Morgan fingerprint density at radius 2 is 1.68 bits per heavy atom. The topological polar surface area (TPSA) is 111 Å². The molecule has 34 heavy (non-hydrogen) atoms. The summed E-state index contributed by atoms with van der Waals surface area (Å²) in [6, 6.07) is 19.0. The van der Waals surface area contributed by atoms with E-state index in [0.717, 1.165) is 5.56 Å². The monoisotopic (exact) mass is 458 g/mol. The van der Waals surface area contributed by atoms with Gasteiger partial charge in [-0.25, -0.2) is 14.8 Å². The predicted octanol–water partition coefficient (Wildman–Crippen LogP) is 2.83. The first-order valence-corrected chi connectivity index (χ1v) is 11.2. The molecule has 1 atom stereocenters. The first-order chi connectivity index (χ1) is 16.6. The van der Waals surface area contributed by atoms with Crippen molar-refractivity contribution in [1.82, 2.24) is 20.2 Å². The van der Waals surface area contributed by atoms with Crippen molar-refractivity contribution in [3.8, 4) is 6.07 Å². The van der Waals surface area contributed by atoms with Crippen molar-refractivity contribution < 1.29 is 14.3 Å². The van der Waals surface area contributed by atoms with Crippen molar-refractivity contribution in [3.05, 3.63) is 65.9 Å². The third kappa shape index (κ3) is 5.07. The van der Waals surface area contributed by atoms with Gasteiger partial charge in [0, 0.05) is 32.7 Å². The van der Waals surface area contributed by atoms with E-state index in [4.69, 9.17) is 9.72 Å². The number of rotatable bonds is 6. The van der Waals surface area contributed by atoms with Crippen LogP contribution in [-0.4, -0.2) is 59.7 Å². The van der Waals surface area contributed by atoms with Gasteiger partial charge in [0.25, 0.3) is 0 Å². The minimum atomic E-state index is -1.13. The van der Waals surface area contributed by atoms with Gasteiger partial charge in [-0.3, -0.25) is 4.79 Å². The van der Waals surface area contributed by atoms with Gasteiger partial charge in [0.2, 0.25) is 5.91 Å². The summed E-state index contributed by atoms with van der Waals surface area (Å²) < 4.78 is 5.10. The van der Waals surface area contributed by atoms with Gasteiger partial charge in [-0.1, -0.05) is 42.5 Å². The van der Waals surface area contributed by atoms with Gasteiger partial charge in [0.1, 0.15) is 5.69 Å². The lowest BCUT2D eigenvalue weighted by Crippen LogP contribution is -2.49. The predicted molar refractivity (Wildman–Crippen MR) is 127 cm³/mol. The van der Waals surface area contributed by atoms with Crippen LogP contribution in [-0.2, 0) is 16.1 Å². The Morgan fingerprint density at radius 3 is 2.32 bits per heavy atom. The maximum absolute atomic E-state index is 13.0. The van der Waals surface area contributed by atoms with Gasteiger partial charge in [-0.15, -0.1) is 0 Å². The highest BCUT2D eigenvalue weighted by Crippen LogP contribution is 2.28. The van der Waals surface area contributed by atoms with Gasteiger partial charge < -0.3 is 19.9 Å². The average Bonchev–Trinajstić information content (AvgIpc) is 2.88. The Bertz CT molecular complexity index is 1200. The summed E-state index contributed by atoms with van der Waals surface area (Å²) in [6.07, 6.45) is -0.345. The maximum Gasteiger partial charge on any atom is 0.409 e. The Morgan fingerprint density at radius 1 is 1.03 bits per heavy atom. The molecule has 0 aliphatic carbocycles. The van der Waals surface area contributed by atoms with E-state index in [2.05, 4.69) is 16.4 Å². The highest BCUT2D eigenvalue weighted by molar-refractivity contribution is 5.89. The van der Waals surface area contributed by atoms with Gasteiger partial charge in [-0.2, -0.15) is 5.26 Å². The molecule has 1 aromatic heterocycles. The Labute approximate surface area is 198 Å². The van der Waals surface area contributed by atoms with Crippen molar-refractivity contribution in [2.24, 2.45) is 0 Å². The van der Waals surface area contributed by atoms with Crippen molar-refractivity contribution in [2.45, 2.75) is 19.4 Å². The van der Waals surface area contributed by atoms with Gasteiger partial charge in [0.15, 0.2) is 11.7 Å². The number of aromatic nitrogens is 2. The molecule has 9 nitrogen and oxygen atoms in total. The molecule has 1 saturated heterocycles. The summed E-state index contributed by atoms with van der Waals surface area (Å²) in [7, 11) is 0. The van der Waals surface area contributed by atoms with Crippen molar-refractivity contribution in [1.29, 1.82) is 5.26 Å². The highest BCUT2D eigenvalue weighted by atomic mass is 16.6. The molecule has 3 aromatic rings. The average molecular weight is 459 g/mol. The van der Waals surface area contributed by atoms with Crippen LogP contribution < -0.4 is 10.2 Å². The number of amides is 2. The number of nitrogens with zero attached hydrogens (tertiary/aromatic N) is 5. The number of nitriles is 1. The number of anilines is 1. The Hall–Kier alpha value is -4.19. The van der Waals surface area contributed by atoms with Crippen molar-refractivity contribution >= 4 is 28.9 Å². The van der Waals surface area contributed by atoms with Crippen LogP contribution >= 0.6 is 0 Å². The number of ether oxygens (including phenoxy) is 1. The molecule has 1 fully saturated rings. The summed E-state index contributed by atoms with van der Waals surface area (Å²) in [4.78, 5) is 38.2. The normalized spacial score (nSPS) is 14.4. The Kier molecular flexibility index (Phi) is 7.18. The van der Waals surface area contributed by atoms with E-state index in [1.54, 1.807) is 11.8 Å². The molecule has 174 valence electrons. The number of carbonyl (C=O) groups excluding carboxylic acids is 2. The number of piperazine rings is 1. The molecule has 1 N–H and O–H groups in total. The second-order valence-corrected chi connectivity index (χ2v) is 7.86. The van der Waals surface area contributed by atoms with Crippen LogP contribution in [0.15, 0.2) is 54.6 Å². The fraction of sp³-hybridized carbons (Fsp3) is 0.320. The number of benzene rings is 2. The van der Waals surface area contributed by atoms with Crippen LogP contribution in [0.5, 0.6) is 0 Å². The molecule has 4 rings (SSSR count). The van der Waals surface area contributed by atoms with Gasteiger partial charge in [0.05, 0.1) is 23.7 Å². The third-order valence-corrected chi connectivity index (χ3v) is 5.66. The second-order valence-electron chi connectivity index (χ2n) is 7.86. The smallest absolute Gasteiger partial charge is 0.409 e. The zero-order chi connectivity index (χ0) is 23.9. The lowest BCUT2D eigenvalue weighted by Gasteiger charge is -2.35. The van der Waals surface area contributed by atoms with E-state index < -0.39 is 11.8 Å². The number of hydrogen-bond donors (Lipinski definition) is 1. The molecule has 0 radical (unpaired) electrons. The Balaban J connectivity index is 1.60. The fourth-order valence-corrected chi connectivity index (χ4v) is 3.88. The number of hydrogen-bond acceptors (Lipinski definition) is 7. The number of nitrogens with one attached hydrogen (secondary N) is 1. The maximum atomic E-state index is 13.0. The molecule has 2 amide bonds. The summed E-state index contributed by atoms with van der Waals surface area (Å²) in [6.45, 7) is 4.28. The largest absolute Gasteiger partial charge is 0.450 e. The first kappa shape index (κ1) is 23.0. The second kappa shape index (κ2) is 10.6. The van der Waals surface area contributed by atoms with Crippen molar-refractivity contribution in [3.63, 3.8) is 0 Å². The SMILES string of the molecule is CCOC(=O)N1CCN(c2nc3ccccc3nc2[C@@H](C#N)C(=O)NCc2ccccc2)CC1. The van der Waals surface area contributed by atoms with E-state index >= 15 is 0 Å². The lowest BCUT2D eigenvalue weighted by molar-refractivity contribution is -0.121. The molecular weight excluding hydrogens is 432 g/mol. The standard InChI is InChI=1S/C25H26N6O3/c1-2-34-25(33)31-14-12-30(13-15-31)23-22(28-20-10-6-7-11-21(20)29-23)19(16-26)24(32)27-17-18-8-4-3-5-9-18/h3-11,19H,2,12-15,17H2,1H3,(H,27,32)/t19-/m1/s1. The lowest BCUT2D eigenvalue weighted by atomic mass is 10.0. The molecular formula is C25H26N6O3. The minimum Gasteiger partial charge on any atom is -0.450 e. The van der Waals surface area contributed by atoms with Crippen LogP contribution in [0.2, 0.25) is 0 Å². The van der Waals surface area contributed by atoms with E-state index in [0.29, 0.717) is 61.9 Å². The zero-order valence-electron chi connectivity index (χ0n) is 19.0. The molecule has 2 aromatic carbocycles. The van der Waals surface area contributed by atoms with Crippen LogP contribution in [0.4, 0.5) is 10.6 Å². The van der Waals surface area contributed by atoms with E-state index in [-0.39, 0.29) is 6.09 Å². The van der Waals surface area contributed by atoms with Gasteiger partial charge >= 0.3 is 6.09 Å². The molecule has 0 unspecified atom stereocenters. The van der Waals surface area contributed by atoms with Crippen LogP contribution in [0.3, 0.4) is 0 Å². The molecule has 0 spiro atoms. The number of carbonyl (C=O) groups is 2. The molecule has 1 aliphatic rings. The first-order valence-electron chi connectivity index (χ1n) is 11.2. The quantitative estimate of drug-likeness (QED) is 0.605. The number of fused-ring (bicyclic) bond motifs is 1. The molecule has 1 aliphatic heterocycles. The molecule has 2 heterocycles. The highest BCUT2D eigenvalue weighted by Gasteiger charge is 2.31. The van der Waals surface area contributed by atoms with E-state index in [1.165, 1.54) is 0 Å². The van der Waals surface area contributed by atoms with Crippen molar-refractivity contribution in [2.75, 3.05) is 37.7 Å². The molecule has 0 bridgehead atoms. The molecule has 0 saturated carbocycles. The summed E-state index contributed by atoms with van der Waals surface area (Å²) >= 11 is 0. The zero-order valence-corrected chi connectivity index (χ0v) is 19.0. The minimum absolute atomic E-state index is 0.312. The van der Waals surface area contributed by atoms with Crippen LogP contribution in [0.1, 0.15) is 24.1 Å². The third-order valence-electron chi connectivity index (χ3n) is 5.66. The molecule has 9 heteroatoms. The summed E-state index contributed by atoms with van der Waals surface area (Å²) in [5, 5.41) is 12.8.